The first-order valence-electron chi connectivity index (χ1n) is 26.0. The normalized spacial score (nSPS) is 13.1. The van der Waals surface area contributed by atoms with Crippen LogP contribution in [-0.2, 0) is 28.6 Å². The zero-order valence-electron chi connectivity index (χ0n) is 41.7. The first-order chi connectivity index (χ1) is 32.0. The Balaban J connectivity index is 4.56. The van der Waals surface area contributed by atoms with Crippen molar-refractivity contribution in [3.05, 3.63) is 122 Å². The minimum atomic E-state index is -0.825. The summed E-state index contributed by atoms with van der Waals surface area (Å²) >= 11 is 0. The third kappa shape index (κ3) is 50.7. The van der Waals surface area contributed by atoms with E-state index in [1.54, 1.807) is 0 Å². The molecule has 0 N–H and O–H groups in total. The Morgan fingerprint density at radius 2 is 0.631 bits per heavy atom. The van der Waals surface area contributed by atoms with E-state index in [-0.39, 0.29) is 44.0 Å². The smallest absolute Gasteiger partial charge is 0.306 e. The van der Waals surface area contributed by atoms with Crippen LogP contribution in [0.2, 0.25) is 0 Å². The van der Waals surface area contributed by atoms with Gasteiger partial charge in [-0.1, -0.05) is 206 Å². The molecule has 0 aromatic carbocycles. The Morgan fingerprint density at radius 1 is 0.323 bits per heavy atom. The van der Waals surface area contributed by atoms with Crippen molar-refractivity contribution in [2.45, 2.75) is 219 Å². The van der Waals surface area contributed by atoms with Gasteiger partial charge >= 0.3 is 17.9 Å². The molecule has 65 heavy (non-hydrogen) atoms. The Labute approximate surface area is 399 Å². The minimum absolute atomic E-state index is 0.118. The predicted octanol–water partition coefficient (Wildman–Crippen LogP) is 17.3. The van der Waals surface area contributed by atoms with Gasteiger partial charge in [-0.15, -0.1) is 0 Å². The molecule has 0 aliphatic heterocycles. The molecule has 366 valence electrons. The van der Waals surface area contributed by atoms with E-state index in [0.717, 1.165) is 128 Å². The van der Waals surface area contributed by atoms with Crippen molar-refractivity contribution >= 4 is 17.9 Å². The number of ether oxygens (including phenoxy) is 3. The van der Waals surface area contributed by atoms with E-state index in [1.807, 2.05) is 12.2 Å². The summed E-state index contributed by atoms with van der Waals surface area (Å²) in [5.41, 5.74) is 0. The predicted molar refractivity (Wildman–Crippen MR) is 279 cm³/mol. The lowest BCUT2D eigenvalue weighted by Gasteiger charge is -2.18. The average Bonchev–Trinajstić information content (AvgIpc) is 3.30. The molecule has 1 atom stereocenters. The monoisotopic (exact) mass is 899 g/mol. The molecule has 0 saturated heterocycles. The molecule has 0 spiro atoms. The van der Waals surface area contributed by atoms with Crippen LogP contribution in [0.3, 0.4) is 0 Å². The topological polar surface area (TPSA) is 78.9 Å². The van der Waals surface area contributed by atoms with E-state index in [9.17, 15) is 14.4 Å². The van der Waals surface area contributed by atoms with Gasteiger partial charge in [0.15, 0.2) is 6.10 Å². The van der Waals surface area contributed by atoms with E-state index < -0.39 is 6.10 Å². The van der Waals surface area contributed by atoms with Gasteiger partial charge in [-0.2, -0.15) is 0 Å². The highest BCUT2D eigenvalue weighted by atomic mass is 16.6. The number of esters is 3. The summed E-state index contributed by atoms with van der Waals surface area (Å²) in [6.07, 6.45) is 71.9. The zero-order valence-corrected chi connectivity index (χ0v) is 41.7. The fourth-order valence-electron chi connectivity index (χ4n) is 6.50. The van der Waals surface area contributed by atoms with Crippen LogP contribution >= 0.6 is 0 Å². The Hall–Kier alpha value is -4.19. The standard InChI is InChI=1S/C59H94O6/c1-4-7-10-13-16-19-22-25-28-29-30-31-32-35-37-40-43-46-49-52-58(61)64-55-56(65-59(62)53-50-47-44-41-38-34-27-24-21-18-15-12-9-6-3)54-63-57(60)51-48-45-42-39-36-33-26-23-20-17-14-11-8-5-2/h7,10,14-19,23-28,30-31,35,37,43,46,56H,4-6,8-9,11-13,20-22,29,32-34,36,38-42,44-45,47-55H2,1-3H3/b10-7-,17-14-,18-15-,19-16-,26-23-,27-24-,28-25-,31-30-,37-35-,46-43-. The van der Waals surface area contributed by atoms with Crippen molar-refractivity contribution in [2.24, 2.45) is 0 Å². The van der Waals surface area contributed by atoms with Crippen molar-refractivity contribution in [1.82, 2.24) is 0 Å². The lowest BCUT2D eigenvalue weighted by Crippen LogP contribution is -2.30. The molecule has 1 unspecified atom stereocenters. The highest BCUT2D eigenvalue weighted by Crippen LogP contribution is 2.12. The van der Waals surface area contributed by atoms with Crippen LogP contribution in [-0.4, -0.2) is 37.2 Å². The van der Waals surface area contributed by atoms with Crippen LogP contribution in [0, 0.1) is 0 Å². The molecule has 0 rings (SSSR count). The number of carbonyl (C=O) groups is 3. The molecule has 0 amide bonds. The number of rotatable bonds is 45. The van der Waals surface area contributed by atoms with Crippen LogP contribution in [0.1, 0.15) is 213 Å². The van der Waals surface area contributed by atoms with E-state index in [4.69, 9.17) is 14.2 Å². The highest BCUT2D eigenvalue weighted by Gasteiger charge is 2.19. The van der Waals surface area contributed by atoms with Crippen molar-refractivity contribution in [2.75, 3.05) is 13.2 Å². The summed E-state index contributed by atoms with van der Waals surface area (Å²) in [6.45, 7) is 6.33. The van der Waals surface area contributed by atoms with Crippen molar-refractivity contribution in [3.8, 4) is 0 Å². The molecule has 0 fully saturated rings. The second-order valence-electron chi connectivity index (χ2n) is 16.7. The van der Waals surface area contributed by atoms with Gasteiger partial charge in [-0.05, 0) is 109 Å². The Bertz CT molecular complexity index is 1400. The first kappa shape index (κ1) is 60.8. The molecule has 6 heteroatoms. The van der Waals surface area contributed by atoms with Gasteiger partial charge in [-0.3, -0.25) is 14.4 Å². The van der Waals surface area contributed by atoms with Crippen LogP contribution < -0.4 is 0 Å². The highest BCUT2D eigenvalue weighted by molar-refractivity contribution is 5.71. The van der Waals surface area contributed by atoms with Gasteiger partial charge in [0.1, 0.15) is 13.2 Å². The molecule has 0 heterocycles. The maximum Gasteiger partial charge on any atom is 0.306 e. The number of hydrogen-bond acceptors (Lipinski definition) is 6. The molecule has 6 nitrogen and oxygen atoms in total. The Morgan fingerprint density at radius 3 is 1.03 bits per heavy atom. The minimum Gasteiger partial charge on any atom is -0.462 e. The van der Waals surface area contributed by atoms with Gasteiger partial charge in [0.05, 0.1) is 0 Å². The third-order valence-corrected chi connectivity index (χ3v) is 10.4. The van der Waals surface area contributed by atoms with Gasteiger partial charge in [0.2, 0.25) is 0 Å². The van der Waals surface area contributed by atoms with Crippen LogP contribution in [0.4, 0.5) is 0 Å². The van der Waals surface area contributed by atoms with Crippen molar-refractivity contribution in [3.63, 3.8) is 0 Å². The van der Waals surface area contributed by atoms with E-state index in [2.05, 4.69) is 130 Å². The summed E-state index contributed by atoms with van der Waals surface area (Å²) in [4.78, 5) is 38.0. The molecule has 0 aromatic rings. The molecule has 0 bridgehead atoms. The van der Waals surface area contributed by atoms with Gasteiger partial charge in [0.25, 0.3) is 0 Å². The fourth-order valence-corrected chi connectivity index (χ4v) is 6.50. The first-order valence-corrected chi connectivity index (χ1v) is 26.0. The second-order valence-corrected chi connectivity index (χ2v) is 16.7. The maximum atomic E-state index is 12.8. The van der Waals surface area contributed by atoms with E-state index in [0.29, 0.717) is 12.8 Å². The molecule has 0 saturated carbocycles. The summed E-state index contributed by atoms with van der Waals surface area (Å²) in [6, 6.07) is 0. The molecule has 0 aromatic heterocycles. The fraction of sp³-hybridized carbons (Fsp3) is 0.610. The lowest BCUT2D eigenvalue weighted by molar-refractivity contribution is -0.166. The van der Waals surface area contributed by atoms with Crippen LogP contribution in [0.5, 0.6) is 0 Å². The molecular weight excluding hydrogens is 805 g/mol. The maximum absolute atomic E-state index is 12.8. The largest absolute Gasteiger partial charge is 0.462 e. The van der Waals surface area contributed by atoms with Crippen molar-refractivity contribution < 1.29 is 28.6 Å². The summed E-state index contributed by atoms with van der Waals surface area (Å²) in [7, 11) is 0. The van der Waals surface area contributed by atoms with Gasteiger partial charge in [0, 0.05) is 19.3 Å². The van der Waals surface area contributed by atoms with Crippen LogP contribution in [0.25, 0.3) is 0 Å². The van der Waals surface area contributed by atoms with Crippen LogP contribution in [0.15, 0.2) is 122 Å². The molecule has 0 radical (unpaired) electrons. The van der Waals surface area contributed by atoms with E-state index >= 15 is 0 Å². The number of allylic oxidation sites excluding steroid dienone is 20. The molecular formula is C59H94O6. The SMILES string of the molecule is CC/C=C\C/C=C\C/C=C\C/C=C\C/C=C\C/C=C\CCC(=O)OCC(COC(=O)CCCCCCC/C=C\C/C=C\CCCC)OC(=O)CCCCCCC/C=C\C/C=C\CCCC. The summed E-state index contributed by atoms with van der Waals surface area (Å²) in [5, 5.41) is 0. The zero-order chi connectivity index (χ0) is 47.2. The summed E-state index contributed by atoms with van der Waals surface area (Å²) in [5.74, 6) is -1.04. The summed E-state index contributed by atoms with van der Waals surface area (Å²) < 4.78 is 16.7. The number of unbranched alkanes of at least 4 members (excludes halogenated alkanes) is 14. The lowest BCUT2D eigenvalue weighted by atomic mass is 10.1. The average molecular weight is 899 g/mol. The van der Waals surface area contributed by atoms with Gasteiger partial charge in [-0.25, -0.2) is 0 Å². The third-order valence-electron chi connectivity index (χ3n) is 10.4. The molecule has 0 aliphatic carbocycles. The van der Waals surface area contributed by atoms with E-state index in [1.165, 1.54) is 38.5 Å². The Kier molecular flexibility index (Phi) is 49.1. The quantitative estimate of drug-likeness (QED) is 0.0262. The molecule has 0 aliphatic rings. The van der Waals surface area contributed by atoms with Crippen molar-refractivity contribution in [1.29, 1.82) is 0 Å². The number of hydrogen-bond donors (Lipinski definition) is 0. The van der Waals surface area contributed by atoms with Gasteiger partial charge < -0.3 is 14.2 Å². The number of carbonyl (C=O) groups excluding carboxylic acids is 3. The second kappa shape index (κ2) is 52.4.